The molecule has 3 nitrogen and oxygen atoms in total. The number of nitrogens with one attached hydrogen (secondary N) is 1. The van der Waals surface area contributed by atoms with Crippen LogP contribution in [0.25, 0.3) is 0 Å². The molecule has 0 aliphatic carbocycles. The molecule has 1 rings (SSSR count). The number of likely N-dealkylation sites (N-methyl/N-ethyl adjacent to an activating group) is 1. The Kier molecular flexibility index (Phi) is 1.69. The van der Waals surface area contributed by atoms with E-state index in [9.17, 15) is 18.0 Å². The predicted octanol–water partition coefficient (Wildman–Crippen LogP) is 0.572. The second-order valence-electron chi connectivity index (χ2n) is 2.42. The highest BCUT2D eigenvalue weighted by molar-refractivity contribution is 5.76. The van der Waals surface area contributed by atoms with Crippen LogP contribution in [-0.4, -0.2) is 36.7 Å². The number of hydrogen-bond acceptors (Lipinski definition) is 1. The Labute approximate surface area is 61.2 Å². The van der Waals surface area contributed by atoms with Crippen LogP contribution in [0.3, 0.4) is 0 Å². The minimum absolute atomic E-state index is 0.303. The molecular formula is C5H7F3N2O. The van der Waals surface area contributed by atoms with E-state index >= 15 is 0 Å². The zero-order chi connectivity index (χ0) is 8.65. The molecule has 0 aromatic carbocycles. The molecule has 1 N–H and O–H groups in total. The van der Waals surface area contributed by atoms with Gasteiger partial charge < -0.3 is 10.2 Å². The Hall–Kier alpha value is -0.940. The van der Waals surface area contributed by atoms with Crippen LogP contribution in [-0.2, 0) is 0 Å². The monoisotopic (exact) mass is 168 g/mol. The maximum absolute atomic E-state index is 11.9. The third-order valence-electron chi connectivity index (χ3n) is 1.50. The van der Waals surface area contributed by atoms with Crippen molar-refractivity contribution in [1.29, 1.82) is 0 Å². The molecule has 0 aromatic rings. The zero-order valence-corrected chi connectivity index (χ0v) is 5.77. The van der Waals surface area contributed by atoms with Crippen molar-refractivity contribution in [3.8, 4) is 0 Å². The standard InChI is InChI=1S/C5H7F3N2O/c1-10-2-3(5(6,7)8)9-4(10)11/h3H,2H2,1H3,(H,9,11)/t3-/m0/s1. The van der Waals surface area contributed by atoms with Crippen LogP contribution in [0.4, 0.5) is 18.0 Å². The van der Waals surface area contributed by atoms with Gasteiger partial charge in [0.25, 0.3) is 0 Å². The van der Waals surface area contributed by atoms with Crippen molar-refractivity contribution >= 4 is 6.03 Å². The molecule has 1 aliphatic heterocycles. The molecule has 6 heteroatoms. The normalized spacial score (nSPS) is 25.6. The first-order chi connectivity index (χ1) is 4.91. The Morgan fingerprint density at radius 1 is 1.64 bits per heavy atom. The summed E-state index contributed by atoms with van der Waals surface area (Å²) in [5, 5.41) is 1.81. The lowest BCUT2D eigenvalue weighted by atomic mass is 10.3. The van der Waals surface area contributed by atoms with E-state index in [0.29, 0.717) is 0 Å². The zero-order valence-electron chi connectivity index (χ0n) is 5.77. The molecule has 0 bridgehead atoms. The SMILES string of the molecule is CN1C[C@@H](C(F)(F)F)NC1=O. The van der Waals surface area contributed by atoms with E-state index in [0.717, 1.165) is 4.90 Å². The van der Waals surface area contributed by atoms with Crippen LogP contribution in [0.2, 0.25) is 0 Å². The number of urea groups is 1. The van der Waals surface area contributed by atoms with Crippen LogP contribution in [0.1, 0.15) is 0 Å². The first-order valence-corrected chi connectivity index (χ1v) is 2.99. The molecule has 2 amide bonds. The van der Waals surface area contributed by atoms with Crippen LogP contribution in [0.15, 0.2) is 0 Å². The fourth-order valence-corrected chi connectivity index (χ4v) is 0.847. The van der Waals surface area contributed by atoms with Gasteiger partial charge in [-0.2, -0.15) is 13.2 Å². The largest absolute Gasteiger partial charge is 0.410 e. The summed E-state index contributed by atoms with van der Waals surface area (Å²) in [4.78, 5) is 11.5. The highest BCUT2D eigenvalue weighted by Crippen LogP contribution is 2.23. The topological polar surface area (TPSA) is 32.3 Å². The highest BCUT2D eigenvalue weighted by atomic mass is 19.4. The molecule has 1 heterocycles. The van der Waals surface area contributed by atoms with E-state index < -0.39 is 18.2 Å². The van der Waals surface area contributed by atoms with Gasteiger partial charge in [-0.1, -0.05) is 0 Å². The minimum atomic E-state index is -4.33. The summed E-state index contributed by atoms with van der Waals surface area (Å²) in [5.41, 5.74) is 0. The number of amides is 2. The molecule has 0 aromatic heterocycles. The lowest BCUT2D eigenvalue weighted by Crippen LogP contribution is -2.40. The van der Waals surface area contributed by atoms with Gasteiger partial charge in [-0.3, -0.25) is 0 Å². The van der Waals surface area contributed by atoms with Gasteiger partial charge in [0, 0.05) is 7.05 Å². The van der Waals surface area contributed by atoms with Crippen molar-refractivity contribution in [1.82, 2.24) is 10.2 Å². The number of nitrogens with zero attached hydrogens (tertiary/aromatic N) is 1. The van der Waals surface area contributed by atoms with Crippen LogP contribution < -0.4 is 5.32 Å². The smallest absolute Gasteiger partial charge is 0.325 e. The van der Waals surface area contributed by atoms with Crippen molar-refractivity contribution in [3.63, 3.8) is 0 Å². The molecule has 11 heavy (non-hydrogen) atoms. The molecule has 64 valence electrons. The van der Waals surface area contributed by atoms with Crippen LogP contribution in [0, 0.1) is 0 Å². The van der Waals surface area contributed by atoms with Crippen molar-refractivity contribution < 1.29 is 18.0 Å². The third kappa shape index (κ3) is 1.55. The van der Waals surface area contributed by atoms with Crippen molar-refractivity contribution in [3.05, 3.63) is 0 Å². The van der Waals surface area contributed by atoms with Crippen molar-refractivity contribution in [2.24, 2.45) is 0 Å². The summed E-state index contributed by atoms with van der Waals surface area (Å²) in [7, 11) is 1.32. The Morgan fingerprint density at radius 2 is 2.18 bits per heavy atom. The summed E-state index contributed by atoms with van der Waals surface area (Å²) in [5.74, 6) is 0. The number of carbonyl (C=O) groups is 1. The first-order valence-electron chi connectivity index (χ1n) is 2.99. The molecular weight excluding hydrogens is 161 g/mol. The van der Waals surface area contributed by atoms with Gasteiger partial charge in [-0.15, -0.1) is 0 Å². The van der Waals surface area contributed by atoms with E-state index in [1.54, 1.807) is 5.32 Å². The van der Waals surface area contributed by atoms with Gasteiger partial charge in [-0.25, -0.2) is 4.79 Å². The number of alkyl halides is 3. The molecule has 0 unspecified atom stereocenters. The third-order valence-corrected chi connectivity index (χ3v) is 1.50. The average molecular weight is 168 g/mol. The number of hydrogen-bond donors (Lipinski definition) is 1. The Bertz CT molecular complexity index is 179. The van der Waals surface area contributed by atoms with Crippen molar-refractivity contribution in [2.75, 3.05) is 13.6 Å². The molecule has 1 saturated heterocycles. The van der Waals surface area contributed by atoms with Crippen LogP contribution >= 0.6 is 0 Å². The lowest BCUT2D eigenvalue weighted by molar-refractivity contribution is -0.149. The fraction of sp³-hybridized carbons (Fsp3) is 0.800. The van der Waals surface area contributed by atoms with Gasteiger partial charge >= 0.3 is 12.2 Å². The van der Waals surface area contributed by atoms with Gasteiger partial charge in [-0.05, 0) is 0 Å². The highest BCUT2D eigenvalue weighted by Gasteiger charge is 2.45. The number of rotatable bonds is 0. The number of halogens is 3. The average Bonchev–Trinajstić information content (AvgIpc) is 2.11. The number of carbonyl (C=O) groups excluding carboxylic acids is 1. The van der Waals surface area contributed by atoms with E-state index in [4.69, 9.17) is 0 Å². The maximum atomic E-state index is 11.9. The molecule has 1 fully saturated rings. The lowest BCUT2D eigenvalue weighted by Gasteiger charge is -2.12. The molecule has 1 aliphatic rings. The van der Waals surface area contributed by atoms with E-state index in [1.165, 1.54) is 7.05 Å². The fourth-order valence-electron chi connectivity index (χ4n) is 0.847. The van der Waals surface area contributed by atoms with Crippen molar-refractivity contribution in [2.45, 2.75) is 12.2 Å². The Balaban J connectivity index is 2.61. The quantitative estimate of drug-likeness (QED) is 0.563. The van der Waals surface area contributed by atoms with Crippen LogP contribution in [0.5, 0.6) is 0 Å². The summed E-state index contributed by atoms with van der Waals surface area (Å²) >= 11 is 0. The summed E-state index contributed by atoms with van der Waals surface area (Å²) in [6.07, 6.45) is -4.33. The van der Waals surface area contributed by atoms with Gasteiger partial charge in [0.2, 0.25) is 0 Å². The Morgan fingerprint density at radius 3 is 2.36 bits per heavy atom. The second kappa shape index (κ2) is 2.28. The maximum Gasteiger partial charge on any atom is 0.410 e. The summed E-state index contributed by atoms with van der Waals surface area (Å²) in [6.45, 7) is -0.303. The van der Waals surface area contributed by atoms with E-state index in [2.05, 4.69) is 0 Å². The molecule has 0 radical (unpaired) electrons. The second-order valence-corrected chi connectivity index (χ2v) is 2.42. The van der Waals surface area contributed by atoms with E-state index in [1.807, 2.05) is 0 Å². The van der Waals surface area contributed by atoms with Gasteiger partial charge in [0.05, 0.1) is 6.54 Å². The van der Waals surface area contributed by atoms with Gasteiger partial charge in [0.1, 0.15) is 6.04 Å². The molecule has 0 saturated carbocycles. The van der Waals surface area contributed by atoms with E-state index in [-0.39, 0.29) is 6.54 Å². The van der Waals surface area contributed by atoms with Gasteiger partial charge in [0.15, 0.2) is 0 Å². The minimum Gasteiger partial charge on any atom is -0.325 e. The first kappa shape index (κ1) is 8.16. The summed E-state index contributed by atoms with van der Waals surface area (Å²) < 4.78 is 35.6. The molecule has 0 spiro atoms. The summed E-state index contributed by atoms with van der Waals surface area (Å²) in [6, 6.07) is -2.38. The molecule has 1 atom stereocenters. The predicted molar refractivity (Wildman–Crippen MR) is 31.0 cm³/mol.